The van der Waals surface area contributed by atoms with Crippen molar-refractivity contribution in [3.63, 3.8) is 0 Å². The van der Waals surface area contributed by atoms with Crippen LogP contribution in [-0.4, -0.2) is 53.4 Å². The van der Waals surface area contributed by atoms with E-state index in [1.54, 1.807) is 14.2 Å². The first-order chi connectivity index (χ1) is 14.9. The fraction of sp³-hybridized carbons (Fsp3) is 0.200. The summed E-state index contributed by atoms with van der Waals surface area (Å²) >= 11 is 2.57. The zero-order chi connectivity index (χ0) is 22.2. The van der Waals surface area contributed by atoms with E-state index in [0.29, 0.717) is 15.2 Å². The second kappa shape index (κ2) is 10.7. The van der Waals surface area contributed by atoms with Crippen LogP contribution >= 0.6 is 23.1 Å². The molecule has 0 radical (unpaired) electrons. The number of thioether (sulfide) groups is 1. The largest absolute Gasteiger partial charge is 0.497 e. The van der Waals surface area contributed by atoms with Gasteiger partial charge in [0.1, 0.15) is 11.6 Å². The van der Waals surface area contributed by atoms with Gasteiger partial charge in [-0.15, -0.1) is 10.2 Å². The summed E-state index contributed by atoms with van der Waals surface area (Å²) in [5, 5.41) is 14.5. The summed E-state index contributed by atoms with van der Waals surface area (Å²) in [6.07, 6.45) is 0. The molecule has 1 heterocycles. The van der Waals surface area contributed by atoms with Crippen LogP contribution in [0.2, 0.25) is 0 Å². The summed E-state index contributed by atoms with van der Waals surface area (Å²) in [5.74, 6) is -0.0971. The number of carbonyl (C=O) groups is 2. The fourth-order valence-corrected chi connectivity index (χ4v) is 4.10. The number of hydrogen-bond acceptors (Lipinski definition) is 8. The van der Waals surface area contributed by atoms with E-state index in [9.17, 15) is 14.0 Å². The molecule has 8 nitrogen and oxygen atoms in total. The Morgan fingerprint density at radius 3 is 2.45 bits per heavy atom. The molecule has 3 rings (SSSR count). The van der Waals surface area contributed by atoms with Crippen LogP contribution in [0.4, 0.5) is 20.9 Å². The lowest BCUT2D eigenvalue weighted by molar-refractivity contribution is -0.131. The van der Waals surface area contributed by atoms with Crippen molar-refractivity contribution in [3.8, 4) is 5.75 Å². The number of methoxy groups -OCH3 is 1. The number of rotatable bonds is 9. The molecule has 2 N–H and O–H groups in total. The second-order valence-corrected chi connectivity index (χ2v) is 8.52. The predicted molar refractivity (Wildman–Crippen MR) is 120 cm³/mol. The van der Waals surface area contributed by atoms with E-state index in [2.05, 4.69) is 20.8 Å². The highest BCUT2D eigenvalue weighted by Gasteiger charge is 2.15. The van der Waals surface area contributed by atoms with Gasteiger partial charge in [-0.2, -0.15) is 0 Å². The Morgan fingerprint density at radius 1 is 1.10 bits per heavy atom. The van der Waals surface area contributed by atoms with Crippen LogP contribution in [0.15, 0.2) is 52.9 Å². The normalized spacial score (nSPS) is 10.4. The van der Waals surface area contributed by atoms with Crippen molar-refractivity contribution in [2.75, 3.05) is 37.1 Å². The minimum absolute atomic E-state index is 0.114. The molecule has 3 aromatic rings. The summed E-state index contributed by atoms with van der Waals surface area (Å²) in [5.41, 5.74) is 1.31. The van der Waals surface area contributed by atoms with Crippen molar-refractivity contribution in [3.05, 3.63) is 54.3 Å². The van der Waals surface area contributed by atoms with Crippen LogP contribution in [0.25, 0.3) is 0 Å². The van der Waals surface area contributed by atoms with Crippen molar-refractivity contribution in [1.29, 1.82) is 0 Å². The fourth-order valence-electron chi connectivity index (χ4n) is 2.39. The maximum Gasteiger partial charge on any atom is 0.243 e. The van der Waals surface area contributed by atoms with Crippen LogP contribution in [0.1, 0.15) is 0 Å². The van der Waals surface area contributed by atoms with Gasteiger partial charge in [0.15, 0.2) is 4.34 Å². The van der Waals surface area contributed by atoms with Crippen molar-refractivity contribution in [2.24, 2.45) is 0 Å². The maximum absolute atomic E-state index is 12.9. The number of anilines is 3. The third-order valence-corrected chi connectivity index (χ3v) is 5.96. The number of carbonyl (C=O) groups excluding carboxylic acids is 2. The molecular weight excluding hydrogens is 441 g/mol. The lowest BCUT2D eigenvalue weighted by atomic mass is 10.3. The molecule has 0 aliphatic rings. The quantitative estimate of drug-likeness (QED) is 0.470. The molecule has 0 spiro atoms. The zero-order valence-electron chi connectivity index (χ0n) is 16.8. The van der Waals surface area contributed by atoms with Gasteiger partial charge in [-0.05, 0) is 48.5 Å². The first kappa shape index (κ1) is 22.5. The highest BCUT2D eigenvalue weighted by Crippen LogP contribution is 2.28. The Bertz CT molecular complexity index is 1030. The van der Waals surface area contributed by atoms with Crippen molar-refractivity contribution in [1.82, 2.24) is 15.1 Å². The molecule has 0 unspecified atom stereocenters. The summed E-state index contributed by atoms with van der Waals surface area (Å²) in [4.78, 5) is 25.7. The Labute approximate surface area is 186 Å². The number of benzene rings is 2. The first-order valence-corrected chi connectivity index (χ1v) is 10.9. The van der Waals surface area contributed by atoms with Crippen LogP contribution < -0.4 is 15.4 Å². The highest BCUT2D eigenvalue weighted by molar-refractivity contribution is 8.01. The monoisotopic (exact) mass is 461 g/mol. The maximum atomic E-state index is 12.9. The van der Waals surface area contributed by atoms with Gasteiger partial charge < -0.3 is 20.3 Å². The van der Waals surface area contributed by atoms with Gasteiger partial charge in [0.2, 0.25) is 16.9 Å². The number of amides is 2. The predicted octanol–water partition coefficient (Wildman–Crippen LogP) is 3.62. The van der Waals surface area contributed by atoms with E-state index < -0.39 is 0 Å². The molecule has 162 valence electrons. The van der Waals surface area contributed by atoms with E-state index in [4.69, 9.17) is 4.74 Å². The average molecular weight is 462 g/mol. The van der Waals surface area contributed by atoms with Crippen molar-refractivity contribution in [2.45, 2.75) is 4.34 Å². The molecule has 0 aliphatic heterocycles. The second-order valence-electron chi connectivity index (χ2n) is 6.32. The SMILES string of the molecule is COc1ccc(Nc2nnc(SCC(=O)N(C)CC(=O)Nc3ccc(F)cc3)s2)cc1. The van der Waals surface area contributed by atoms with E-state index in [1.165, 1.54) is 52.3 Å². The number of halogens is 1. The van der Waals surface area contributed by atoms with Crippen LogP contribution in [-0.2, 0) is 9.59 Å². The first-order valence-electron chi connectivity index (χ1n) is 9.09. The van der Waals surface area contributed by atoms with Gasteiger partial charge >= 0.3 is 0 Å². The van der Waals surface area contributed by atoms with Gasteiger partial charge in [0.25, 0.3) is 0 Å². The van der Waals surface area contributed by atoms with E-state index >= 15 is 0 Å². The minimum atomic E-state index is -0.388. The molecule has 2 amide bonds. The van der Waals surface area contributed by atoms with Gasteiger partial charge in [-0.25, -0.2) is 4.39 Å². The van der Waals surface area contributed by atoms with E-state index in [-0.39, 0.29) is 29.9 Å². The van der Waals surface area contributed by atoms with Crippen LogP contribution in [0.5, 0.6) is 5.75 Å². The number of likely N-dealkylation sites (N-methyl/N-ethyl adjacent to an activating group) is 1. The molecule has 0 saturated carbocycles. The van der Waals surface area contributed by atoms with Crippen molar-refractivity contribution < 1.29 is 18.7 Å². The van der Waals surface area contributed by atoms with Gasteiger partial charge in [0, 0.05) is 18.4 Å². The minimum Gasteiger partial charge on any atom is -0.497 e. The molecule has 0 bridgehead atoms. The van der Waals surface area contributed by atoms with Crippen molar-refractivity contribution >= 4 is 51.4 Å². The molecular formula is C20H20FN5O3S2. The van der Waals surface area contributed by atoms with Crippen LogP contribution in [0, 0.1) is 5.82 Å². The zero-order valence-corrected chi connectivity index (χ0v) is 18.4. The molecule has 0 aliphatic carbocycles. The summed E-state index contributed by atoms with van der Waals surface area (Å²) in [6.45, 7) is -0.114. The number of nitrogens with zero attached hydrogens (tertiary/aromatic N) is 3. The van der Waals surface area contributed by atoms with Gasteiger partial charge in [0.05, 0.1) is 19.4 Å². The molecule has 0 atom stereocenters. The molecule has 2 aromatic carbocycles. The standard InChI is InChI=1S/C20H20FN5O3S2/c1-26(11-17(27)22-14-5-3-13(21)4-6-14)18(28)12-30-20-25-24-19(31-20)23-15-7-9-16(29-2)10-8-15/h3-10H,11-12H2,1-2H3,(H,22,27)(H,23,24). The number of nitrogens with one attached hydrogen (secondary N) is 2. The molecule has 1 aromatic heterocycles. The van der Waals surface area contributed by atoms with E-state index in [0.717, 1.165) is 11.4 Å². The number of aromatic nitrogens is 2. The smallest absolute Gasteiger partial charge is 0.243 e. The molecule has 0 saturated heterocycles. The third-order valence-electron chi connectivity index (χ3n) is 4.00. The molecule has 31 heavy (non-hydrogen) atoms. The number of hydrogen-bond donors (Lipinski definition) is 2. The Balaban J connectivity index is 1.44. The van der Waals surface area contributed by atoms with Gasteiger partial charge in [-0.1, -0.05) is 23.1 Å². The highest BCUT2D eigenvalue weighted by atomic mass is 32.2. The number of ether oxygens (including phenoxy) is 1. The Kier molecular flexibility index (Phi) is 7.79. The average Bonchev–Trinajstić information content (AvgIpc) is 3.21. The Hall–Kier alpha value is -3.18. The van der Waals surface area contributed by atoms with E-state index in [1.807, 2.05) is 24.3 Å². The summed E-state index contributed by atoms with van der Waals surface area (Å²) in [7, 11) is 3.15. The Morgan fingerprint density at radius 2 is 1.77 bits per heavy atom. The molecule has 0 fully saturated rings. The topological polar surface area (TPSA) is 96.4 Å². The summed E-state index contributed by atoms with van der Waals surface area (Å²) in [6, 6.07) is 12.8. The van der Waals surface area contributed by atoms with Gasteiger partial charge in [-0.3, -0.25) is 9.59 Å². The third kappa shape index (κ3) is 6.93. The lowest BCUT2D eigenvalue weighted by Crippen LogP contribution is -2.35. The van der Waals surface area contributed by atoms with Crippen LogP contribution in [0.3, 0.4) is 0 Å². The summed E-state index contributed by atoms with van der Waals surface area (Å²) < 4.78 is 18.7. The lowest BCUT2D eigenvalue weighted by Gasteiger charge is -2.16. The molecule has 11 heteroatoms.